The Kier molecular flexibility index (Phi) is 3.70. The van der Waals surface area contributed by atoms with Gasteiger partial charge in [0.15, 0.2) is 4.90 Å². The van der Waals surface area contributed by atoms with Gasteiger partial charge in [-0.3, -0.25) is 4.79 Å². The topological polar surface area (TPSA) is 70.6 Å². The number of imidazole rings is 1. The van der Waals surface area contributed by atoms with Crippen molar-refractivity contribution < 1.29 is 8.97 Å². The second-order valence-electron chi connectivity index (χ2n) is 6.55. The van der Waals surface area contributed by atoms with E-state index in [1.807, 2.05) is 54.6 Å². The van der Waals surface area contributed by atoms with Crippen LogP contribution in [0, 0.1) is 0 Å². The van der Waals surface area contributed by atoms with Crippen molar-refractivity contribution in [1.29, 1.82) is 0 Å². The summed E-state index contributed by atoms with van der Waals surface area (Å²) in [6.45, 7) is 0. The summed E-state index contributed by atoms with van der Waals surface area (Å²) in [4.78, 5) is 18.2. The van der Waals surface area contributed by atoms with Crippen molar-refractivity contribution in [1.82, 2.24) is 9.38 Å². The van der Waals surface area contributed by atoms with Crippen LogP contribution in [-0.4, -0.2) is 20.2 Å². The third-order valence-corrected chi connectivity index (χ3v) is 5.85. The van der Waals surface area contributed by atoms with E-state index in [0.717, 1.165) is 28.9 Å². The first-order chi connectivity index (χ1) is 13.1. The SMILES string of the molecule is C[S+]([O-])c1ccccc1-c1ccc2c(c1)nc1oc3c(c(=O)n12)=CCCC=3. The molecule has 6 heteroatoms. The Labute approximate surface area is 157 Å². The van der Waals surface area contributed by atoms with Gasteiger partial charge in [-0.1, -0.05) is 24.3 Å². The molecule has 1 aliphatic carbocycles. The number of rotatable bonds is 2. The molecule has 0 aliphatic heterocycles. The summed E-state index contributed by atoms with van der Waals surface area (Å²) in [6, 6.07) is 13.3. The molecular formula is C21H16N2O3S. The Morgan fingerprint density at radius 1 is 1.15 bits per heavy atom. The van der Waals surface area contributed by atoms with Gasteiger partial charge in [-0.05, 0) is 59.9 Å². The van der Waals surface area contributed by atoms with E-state index in [-0.39, 0.29) is 5.56 Å². The minimum Gasteiger partial charge on any atom is -0.612 e. The van der Waals surface area contributed by atoms with Gasteiger partial charge >= 0.3 is 5.84 Å². The van der Waals surface area contributed by atoms with Crippen LogP contribution in [-0.2, 0) is 11.2 Å². The maximum Gasteiger partial charge on any atom is 0.310 e. The molecule has 5 nitrogen and oxygen atoms in total. The van der Waals surface area contributed by atoms with Crippen molar-refractivity contribution in [2.45, 2.75) is 17.7 Å². The second kappa shape index (κ2) is 6.11. The summed E-state index contributed by atoms with van der Waals surface area (Å²) in [7, 11) is 0. The molecule has 0 N–H and O–H groups in total. The fraction of sp³-hybridized carbons (Fsp3) is 0.143. The van der Waals surface area contributed by atoms with E-state index in [1.54, 1.807) is 6.26 Å². The molecule has 5 rings (SSSR count). The molecule has 0 bridgehead atoms. The molecule has 0 spiro atoms. The first-order valence-electron chi connectivity index (χ1n) is 8.72. The average Bonchev–Trinajstić information content (AvgIpc) is 3.05. The van der Waals surface area contributed by atoms with Crippen LogP contribution in [0.25, 0.3) is 40.2 Å². The second-order valence-corrected chi connectivity index (χ2v) is 7.90. The predicted molar refractivity (Wildman–Crippen MR) is 106 cm³/mol. The Balaban J connectivity index is 1.81. The summed E-state index contributed by atoms with van der Waals surface area (Å²) in [6.07, 6.45) is 7.23. The lowest BCUT2D eigenvalue weighted by atomic mass is 10.1. The highest BCUT2D eigenvalue weighted by molar-refractivity contribution is 7.90. The van der Waals surface area contributed by atoms with Crippen molar-refractivity contribution >= 4 is 40.2 Å². The van der Waals surface area contributed by atoms with Crippen LogP contribution < -0.4 is 16.2 Å². The highest BCUT2D eigenvalue weighted by atomic mass is 32.2. The lowest BCUT2D eigenvalue weighted by Crippen LogP contribution is -2.43. The van der Waals surface area contributed by atoms with Crippen LogP contribution >= 0.6 is 0 Å². The normalized spacial score (nSPS) is 14.6. The molecule has 2 aromatic heterocycles. The fourth-order valence-corrected chi connectivity index (χ4v) is 4.37. The lowest BCUT2D eigenvalue weighted by molar-refractivity contribution is 0.518. The number of hydrogen-bond donors (Lipinski definition) is 0. The standard InChI is InChI=1S/C21H16N2O3S/c1-27(25)19-9-5-3-6-14(19)13-10-11-17-16(12-13)22-21-23(17)20(24)15-7-2-4-8-18(15)26-21/h3,5-12H,2,4H2,1H3. The molecule has 0 saturated heterocycles. The Morgan fingerprint density at radius 2 is 1.96 bits per heavy atom. The maximum atomic E-state index is 12.9. The van der Waals surface area contributed by atoms with Crippen LogP contribution in [0.5, 0.6) is 0 Å². The van der Waals surface area contributed by atoms with Gasteiger partial charge in [0.05, 0.1) is 16.3 Å². The van der Waals surface area contributed by atoms with Gasteiger partial charge < -0.3 is 8.97 Å². The molecule has 4 aromatic rings. The molecule has 0 amide bonds. The smallest absolute Gasteiger partial charge is 0.310 e. The predicted octanol–water partition coefficient (Wildman–Crippen LogP) is 2.20. The molecule has 2 aromatic carbocycles. The van der Waals surface area contributed by atoms with Crippen molar-refractivity contribution in [3.8, 4) is 11.1 Å². The molecule has 2 heterocycles. The van der Waals surface area contributed by atoms with Crippen molar-refractivity contribution in [2.75, 3.05) is 6.26 Å². The average molecular weight is 376 g/mol. The third-order valence-electron chi connectivity index (χ3n) is 4.88. The minimum atomic E-state index is -1.10. The molecule has 134 valence electrons. The van der Waals surface area contributed by atoms with Gasteiger partial charge in [0.2, 0.25) is 0 Å². The molecule has 27 heavy (non-hydrogen) atoms. The largest absolute Gasteiger partial charge is 0.612 e. The number of nitrogens with zero attached hydrogens (tertiary/aromatic N) is 2. The van der Waals surface area contributed by atoms with Crippen LogP contribution in [0.3, 0.4) is 0 Å². The number of fused-ring (bicyclic) bond motifs is 4. The van der Waals surface area contributed by atoms with Crippen LogP contribution in [0.4, 0.5) is 0 Å². The van der Waals surface area contributed by atoms with Crippen LogP contribution in [0.15, 0.2) is 56.6 Å². The zero-order valence-corrected chi connectivity index (χ0v) is 15.5. The molecule has 1 atom stereocenters. The quantitative estimate of drug-likeness (QED) is 0.503. The Bertz CT molecular complexity index is 1380. The van der Waals surface area contributed by atoms with E-state index in [1.165, 1.54) is 4.40 Å². The molecule has 0 fully saturated rings. The summed E-state index contributed by atoms with van der Waals surface area (Å²) >= 11 is -1.10. The van der Waals surface area contributed by atoms with E-state index in [0.29, 0.717) is 27.5 Å². The van der Waals surface area contributed by atoms with Crippen LogP contribution in [0.2, 0.25) is 0 Å². The molecule has 1 aliphatic rings. The summed E-state index contributed by atoms with van der Waals surface area (Å²) in [5.74, 6) is 0.296. The van der Waals surface area contributed by atoms with Gasteiger partial charge in [-0.15, -0.1) is 0 Å². The van der Waals surface area contributed by atoms with Gasteiger partial charge in [-0.25, -0.2) is 4.40 Å². The highest BCUT2D eigenvalue weighted by Gasteiger charge is 2.16. The van der Waals surface area contributed by atoms with E-state index >= 15 is 0 Å². The van der Waals surface area contributed by atoms with Gasteiger partial charge in [0.25, 0.3) is 5.56 Å². The number of hydrogen-bond acceptors (Lipinski definition) is 4. The van der Waals surface area contributed by atoms with Gasteiger partial charge in [0.1, 0.15) is 11.7 Å². The van der Waals surface area contributed by atoms with E-state index in [9.17, 15) is 9.35 Å². The highest BCUT2D eigenvalue weighted by Crippen LogP contribution is 2.29. The number of benzene rings is 2. The fourth-order valence-electron chi connectivity index (χ4n) is 3.61. The zero-order valence-electron chi connectivity index (χ0n) is 14.6. The van der Waals surface area contributed by atoms with Crippen molar-refractivity contribution in [3.63, 3.8) is 0 Å². The number of aromatic nitrogens is 2. The molecule has 1 unspecified atom stereocenters. The first kappa shape index (κ1) is 16.4. The monoisotopic (exact) mass is 376 g/mol. The Hall–Kier alpha value is -2.83. The first-order valence-corrected chi connectivity index (χ1v) is 10.3. The molecular weight excluding hydrogens is 360 g/mol. The summed E-state index contributed by atoms with van der Waals surface area (Å²) < 4.78 is 19.5. The molecule has 0 radical (unpaired) electrons. The molecule has 0 saturated carbocycles. The van der Waals surface area contributed by atoms with E-state index < -0.39 is 11.2 Å². The summed E-state index contributed by atoms with van der Waals surface area (Å²) in [5, 5.41) is 0.601. The van der Waals surface area contributed by atoms with Gasteiger partial charge in [0, 0.05) is 5.56 Å². The van der Waals surface area contributed by atoms with E-state index in [4.69, 9.17) is 4.42 Å². The van der Waals surface area contributed by atoms with Crippen LogP contribution in [0.1, 0.15) is 12.8 Å². The zero-order chi connectivity index (χ0) is 18.5. The van der Waals surface area contributed by atoms with E-state index in [2.05, 4.69) is 4.98 Å². The van der Waals surface area contributed by atoms with Crippen molar-refractivity contribution in [2.24, 2.45) is 0 Å². The summed E-state index contributed by atoms with van der Waals surface area (Å²) in [5.41, 5.74) is 3.69. The minimum absolute atomic E-state index is 0.104. The van der Waals surface area contributed by atoms with Crippen molar-refractivity contribution in [3.05, 3.63) is 63.5 Å². The third kappa shape index (κ3) is 2.52. The lowest BCUT2D eigenvalue weighted by Gasteiger charge is -2.10. The maximum absolute atomic E-state index is 12.9. The van der Waals surface area contributed by atoms with Gasteiger partial charge in [-0.2, -0.15) is 4.98 Å². The Morgan fingerprint density at radius 3 is 2.81 bits per heavy atom.